The van der Waals surface area contributed by atoms with E-state index in [0.29, 0.717) is 17.4 Å². The van der Waals surface area contributed by atoms with Crippen molar-refractivity contribution < 1.29 is 9.18 Å². The monoisotopic (exact) mass is 477 g/mol. The Morgan fingerprint density at radius 3 is 2.58 bits per heavy atom. The summed E-state index contributed by atoms with van der Waals surface area (Å²) in [7, 11) is 0. The van der Waals surface area contributed by atoms with Crippen LogP contribution in [0.4, 0.5) is 10.1 Å². The van der Waals surface area contributed by atoms with Gasteiger partial charge in [-0.15, -0.1) is 21.5 Å². The third kappa shape index (κ3) is 5.66. The fraction of sp³-hybridized carbons (Fsp3) is 0.167. The van der Waals surface area contributed by atoms with Crippen molar-refractivity contribution in [3.8, 4) is 16.8 Å². The summed E-state index contributed by atoms with van der Waals surface area (Å²) >= 11 is 2.88. The molecule has 0 N–H and O–H groups in total. The van der Waals surface area contributed by atoms with Crippen LogP contribution in [0, 0.1) is 17.1 Å². The largest absolute Gasteiger partial charge is 0.311 e. The van der Waals surface area contributed by atoms with E-state index in [2.05, 4.69) is 16.3 Å². The van der Waals surface area contributed by atoms with Crippen molar-refractivity contribution in [2.75, 3.05) is 17.2 Å². The van der Waals surface area contributed by atoms with Crippen LogP contribution in [-0.4, -0.2) is 33.0 Å². The first-order chi connectivity index (χ1) is 16.2. The molecule has 166 valence electrons. The van der Waals surface area contributed by atoms with Gasteiger partial charge in [-0.1, -0.05) is 48.2 Å². The zero-order chi connectivity index (χ0) is 23.0. The van der Waals surface area contributed by atoms with Gasteiger partial charge in [-0.05, 0) is 41.3 Å². The Morgan fingerprint density at radius 1 is 1.09 bits per heavy atom. The van der Waals surface area contributed by atoms with Gasteiger partial charge in [0.2, 0.25) is 5.91 Å². The van der Waals surface area contributed by atoms with Crippen LogP contribution in [0.25, 0.3) is 10.7 Å². The first-order valence-electron chi connectivity index (χ1n) is 10.2. The lowest BCUT2D eigenvalue weighted by atomic mass is 10.2. The fourth-order valence-corrected chi connectivity index (χ4v) is 4.81. The van der Waals surface area contributed by atoms with Crippen molar-refractivity contribution >= 4 is 34.7 Å². The van der Waals surface area contributed by atoms with Crippen LogP contribution in [0.15, 0.2) is 77.3 Å². The zero-order valence-corrected chi connectivity index (χ0v) is 19.2. The van der Waals surface area contributed by atoms with E-state index in [1.165, 1.54) is 28.8 Å². The molecule has 0 bridgehead atoms. The molecule has 0 fully saturated rings. The van der Waals surface area contributed by atoms with E-state index >= 15 is 0 Å². The number of amides is 1. The van der Waals surface area contributed by atoms with Gasteiger partial charge in [0.1, 0.15) is 5.82 Å². The van der Waals surface area contributed by atoms with E-state index in [0.717, 1.165) is 16.3 Å². The maximum atomic E-state index is 13.3. The minimum atomic E-state index is -0.379. The SMILES string of the molecule is N#CCCN(C(=O)CSc1nnc(-c2cccs2)n1Cc1ccccc1)c1ccc(F)cc1. The highest BCUT2D eigenvalue weighted by atomic mass is 32.2. The smallest absolute Gasteiger partial charge is 0.237 e. The summed E-state index contributed by atoms with van der Waals surface area (Å²) in [6.07, 6.45) is 0.181. The third-order valence-electron chi connectivity index (χ3n) is 4.85. The average molecular weight is 478 g/mol. The van der Waals surface area contributed by atoms with Crippen molar-refractivity contribution in [1.29, 1.82) is 5.26 Å². The number of thioether (sulfide) groups is 1. The summed E-state index contributed by atoms with van der Waals surface area (Å²) in [6.45, 7) is 0.812. The summed E-state index contributed by atoms with van der Waals surface area (Å²) in [5.41, 5.74) is 1.66. The molecule has 0 aliphatic heterocycles. The Morgan fingerprint density at radius 2 is 1.88 bits per heavy atom. The molecule has 0 radical (unpaired) electrons. The molecular formula is C24H20FN5OS2. The number of thiophene rings is 1. The van der Waals surface area contributed by atoms with Gasteiger partial charge in [0, 0.05) is 12.2 Å². The van der Waals surface area contributed by atoms with E-state index in [4.69, 9.17) is 5.26 Å². The lowest BCUT2D eigenvalue weighted by Crippen LogP contribution is -2.33. The Balaban J connectivity index is 1.55. The predicted octanol–water partition coefficient (Wildman–Crippen LogP) is 5.23. The minimum Gasteiger partial charge on any atom is -0.311 e. The molecule has 0 atom stereocenters. The number of carbonyl (C=O) groups excluding carboxylic acids is 1. The Kier molecular flexibility index (Phi) is 7.50. The molecule has 2 heterocycles. The third-order valence-corrected chi connectivity index (χ3v) is 6.67. The Hall–Kier alpha value is -3.48. The number of hydrogen-bond donors (Lipinski definition) is 0. The van der Waals surface area contributed by atoms with E-state index in [-0.39, 0.29) is 30.4 Å². The molecule has 0 saturated carbocycles. The predicted molar refractivity (Wildman–Crippen MR) is 129 cm³/mol. The van der Waals surface area contributed by atoms with E-state index in [1.54, 1.807) is 23.5 Å². The number of nitriles is 1. The average Bonchev–Trinajstić information content (AvgIpc) is 3.50. The number of benzene rings is 2. The summed E-state index contributed by atoms with van der Waals surface area (Å²) < 4.78 is 15.3. The number of anilines is 1. The van der Waals surface area contributed by atoms with Gasteiger partial charge < -0.3 is 4.90 Å². The van der Waals surface area contributed by atoms with Crippen LogP contribution >= 0.6 is 23.1 Å². The molecule has 1 amide bonds. The van der Waals surface area contributed by atoms with Crippen LogP contribution in [0.1, 0.15) is 12.0 Å². The van der Waals surface area contributed by atoms with Gasteiger partial charge in [-0.3, -0.25) is 9.36 Å². The summed E-state index contributed by atoms with van der Waals surface area (Å²) in [6, 6.07) is 21.7. The maximum Gasteiger partial charge on any atom is 0.237 e. The standard InChI is InChI=1S/C24H20FN5OS2/c25-19-9-11-20(12-10-19)29(14-5-13-26)22(31)17-33-24-28-27-23(21-8-4-15-32-21)30(24)16-18-6-2-1-3-7-18/h1-4,6-12,15H,5,14,16-17H2. The Labute approximate surface area is 199 Å². The molecule has 6 nitrogen and oxygen atoms in total. The number of halogens is 1. The van der Waals surface area contributed by atoms with Crippen molar-refractivity contribution in [3.63, 3.8) is 0 Å². The van der Waals surface area contributed by atoms with E-state index in [9.17, 15) is 9.18 Å². The highest BCUT2D eigenvalue weighted by Gasteiger charge is 2.20. The normalized spacial score (nSPS) is 10.7. The first kappa shape index (κ1) is 22.7. The van der Waals surface area contributed by atoms with Gasteiger partial charge in [-0.25, -0.2) is 4.39 Å². The minimum absolute atomic E-state index is 0.111. The quantitative estimate of drug-likeness (QED) is 0.309. The topological polar surface area (TPSA) is 74.8 Å². The molecule has 2 aromatic carbocycles. The molecular weight excluding hydrogens is 457 g/mol. The Bertz CT molecular complexity index is 1230. The van der Waals surface area contributed by atoms with Crippen molar-refractivity contribution in [1.82, 2.24) is 14.8 Å². The number of carbonyl (C=O) groups is 1. The molecule has 4 aromatic rings. The second kappa shape index (κ2) is 10.9. The number of nitrogens with zero attached hydrogens (tertiary/aromatic N) is 5. The lowest BCUT2D eigenvalue weighted by molar-refractivity contribution is -0.116. The molecule has 33 heavy (non-hydrogen) atoms. The summed E-state index contributed by atoms with van der Waals surface area (Å²) in [4.78, 5) is 15.6. The van der Waals surface area contributed by atoms with Gasteiger partial charge in [-0.2, -0.15) is 5.26 Å². The molecule has 0 aliphatic carbocycles. The van der Waals surface area contributed by atoms with Gasteiger partial charge in [0.05, 0.1) is 29.7 Å². The first-order valence-corrected chi connectivity index (χ1v) is 12.1. The number of hydrogen-bond acceptors (Lipinski definition) is 6. The zero-order valence-electron chi connectivity index (χ0n) is 17.6. The van der Waals surface area contributed by atoms with Crippen molar-refractivity contribution in [2.45, 2.75) is 18.1 Å². The molecule has 0 spiro atoms. The molecule has 0 saturated heterocycles. The van der Waals surface area contributed by atoms with Gasteiger partial charge in [0.25, 0.3) is 0 Å². The maximum absolute atomic E-state index is 13.3. The van der Waals surface area contributed by atoms with Crippen LogP contribution in [0.5, 0.6) is 0 Å². The molecule has 0 unspecified atom stereocenters. The van der Waals surface area contributed by atoms with Crippen molar-refractivity contribution in [3.05, 3.63) is 83.5 Å². The van der Waals surface area contributed by atoms with Crippen LogP contribution in [0.2, 0.25) is 0 Å². The van der Waals surface area contributed by atoms with Crippen LogP contribution in [0.3, 0.4) is 0 Å². The second-order valence-corrected chi connectivity index (χ2v) is 8.96. The van der Waals surface area contributed by atoms with Gasteiger partial charge in [0.15, 0.2) is 11.0 Å². The van der Waals surface area contributed by atoms with Crippen LogP contribution in [-0.2, 0) is 11.3 Å². The highest BCUT2D eigenvalue weighted by molar-refractivity contribution is 7.99. The summed E-state index contributed by atoms with van der Waals surface area (Å²) in [5.74, 6) is 0.300. The highest BCUT2D eigenvalue weighted by Crippen LogP contribution is 2.28. The number of rotatable bonds is 9. The fourth-order valence-electron chi connectivity index (χ4n) is 3.28. The van der Waals surface area contributed by atoms with Crippen LogP contribution < -0.4 is 4.90 Å². The lowest BCUT2D eigenvalue weighted by Gasteiger charge is -2.21. The molecule has 0 aliphatic rings. The number of aromatic nitrogens is 3. The summed E-state index contributed by atoms with van der Waals surface area (Å²) in [5, 5.41) is 20.4. The van der Waals surface area contributed by atoms with E-state index in [1.807, 2.05) is 52.4 Å². The van der Waals surface area contributed by atoms with Crippen molar-refractivity contribution in [2.24, 2.45) is 0 Å². The molecule has 9 heteroatoms. The van der Waals surface area contributed by atoms with Gasteiger partial charge >= 0.3 is 0 Å². The van der Waals surface area contributed by atoms with E-state index < -0.39 is 0 Å². The molecule has 4 rings (SSSR count). The molecule has 2 aromatic heterocycles. The second-order valence-electron chi connectivity index (χ2n) is 7.07.